The Labute approximate surface area is 226 Å². The molecule has 1 aliphatic rings. The molecule has 1 amide bonds. The van der Waals surface area contributed by atoms with Gasteiger partial charge in [0.05, 0.1) is 27.5 Å². The van der Waals surface area contributed by atoms with E-state index in [9.17, 15) is 34.8 Å². The summed E-state index contributed by atoms with van der Waals surface area (Å²) >= 11 is 5.92. The number of halogens is 4. The van der Waals surface area contributed by atoms with E-state index in [0.717, 1.165) is 24.5 Å². The Morgan fingerprint density at radius 2 is 1.63 bits per heavy atom. The van der Waals surface area contributed by atoms with Gasteiger partial charge in [0.2, 0.25) is 15.9 Å². The van der Waals surface area contributed by atoms with Gasteiger partial charge in [-0.3, -0.25) is 4.79 Å². The van der Waals surface area contributed by atoms with Gasteiger partial charge in [-0.2, -0.15) is 13.2 Å². The number of alkyl halides is 3. The van der Waals surface area contributed by atoms with Gasteiger partial charge in [-0.25, -0.2) is 21.6 Å². The maximum atomic E-state index is 13.4. The molecule has 2 aromatic rings. The minimum absolute atomic E-state index is 0.148. The number of carbonyl (C=O) groups is 1. The highest BCUT2D eigenvalue weighted by atomic mass is 35.5. The molecule has 1 atom stereocenters. The minimum Gasteiger partial charge on any atom is -0.343 e. The summed E-state index contributed by atoms with van der Waals surface area (Å²) in [6.07, 6.45) is -3.18. The van der Waals surface area contributed by atoms with Crippen molar-refractivity contribution in [3.63, 3.8) is 0 Å². The molecular weight excluding hydrogens is 565 g/mol. The third-order valence-electron chi connectivity index (χ3n) is 7.00. The van der Waals surface area contributed by atoms with Crippen LogP contribution in [-0.2, 0) is 30.8 Å². The Morgan fingerprint density at radius 3 is 2.16 bits per heavy atom. The first-order valence-corrected chi connectivity index (χ1v) is 15.6. The van der Waals surface area contributed by atoms with E-state index in [1.165, 1.54) is 13.8 Å². The molecule has 7 nitrogen and oxygen atoms in total. The molecule has 3 rings (SSSR count). The molecule has 1 heterocycles. The van der Waals surface area contributed by atoms with Crippen LogP contribution in [0.5, 0.6) is 0 Å². The number of amides is 1. The highest BCUT2D eigenvalue weighted by molar-refractivity contribution is 7.92. The largest absolute Gasteiger partial charge is 0.416 e. The van der Waals surface area contributed by atoms with Gasteiger partial charge in [0.15, 0.2) is 9.84 Å². The van der Waals surface area contributed by atoms with Crippen LogP contribution in [0.3, 0.4) is 0 Å². The van der Waals surface area contributed by atoms with Crippen molar-refractivity contribution in [3.05, 3.63) is 64.7 Å². The molecule has 210 valence electrons. The van der Waals surface area contributed by atoms with Gasteiger partial charge in [0, 0.05) is 24.5 Å². The molecule has 0 saturated carbocycles. The molecule has 38 heavy (non-hydrogen) atoms. The summed E-state index contributed by atoms with van der Waals surface area (Å²) in [7, 11) is -7.76. The van der Waals surface area contributed by atoms with Crippen LogP contribution in [0, 0.1) is 5.92 Å². The Hall–Kier alpha value is -2.15. The Bertz CT molecular complexity index is 1370. The Balaban J connectivity index is 1.72. The van der Waals surface area contributed by atoms with Gasteiger partial charge in [-0.15, -0.1) is 0 Å². The van der Waals surface area contributed by atoms with E-state index >= 15 is 0 Å². The van der Waals surface area contributed by atoms with Gasteiger partial charge in [0.25, 0.3) is 0 Å². The Morgan fingerprint density at radius 1 is 1.05 bits per heavy atom. The predicted octanol–water partition coefficient (Wildman–Crippen LogP) is 4.83. The fourth-order valence-corrected chi connectivity index (χ4v) is 7.36. The third-order valence-corrected chi connectivity index (χ3v) is 10.6. The van der Waals surface area contributed by atoms with E-state index in [0.29, 0.717) is 29.5 Å². The molecule has 1 saturated heterocycles. The van der Waals surface area contributed by atoms with E-state index in [2.05, 4.69) is 4.72 Å². The number of carbonyl (C=O) groups excluding carboxylic acids is 1. The highest BCUT2D eigenvalue weighted by Crippen LogP contribution is 2.39. The number of hydrogen-bond donors (Lipinski definition) is 1. The van der Waals surface area contributed by atoms with E-state index in [4.69, 9.17) is 11.6 Å². The quantitative estimate of drug-likeness (QED) is 0.472. The number of hydrogen-bond acceptors (Lipinski definition) is 5. The van der Waals surface area contributed by atoms with Crippen molar-refractivity contribution in [1.82, 2.24) is 9.62 Å². The third kappa shape index (κ3) is 7.08. The second kappa shape index (κ2) is 11.1. The number of nitrogens with zero attached hydrogens (tertiary/aromatic N) is 1. The monoisotopic (exact) mass is 594 g/mol. The van der Waals surface area contributed by atoms with Crippen molar-refractivity contribution >= 4 is 37.4 Å². The van der Waals surface area contributed by atoms with E-state index in [1.54, 1.807) is 29.2 Å². The topological polar surface area (TPSA) is 101 Å². The van der Waals surface area contributed by atoms with Gasteiger partial charge in [-0.05, 0) is 68.5 Å². The van der Waals surface area contributed by atoms with Crippen LogP contribution in [0.15, 0.2) is 53.4 Å². The average molecular weight is 595 g/mol. The normalized spacial score (nSPS) is 16.9. The maximum Gasteiger partial charge on any atom is 0.416 e. The SMILES string of the molecule is CC(C)(C1CCN(C(=O)CC(NS(C)(=O)=O)c2ccc(Cl)cc2)CC1)S(=O)(=O)c1cccc(C(F)(F)F)c1. The molecule has 0 radical (unpaired) electrons. The lowest BCUT2D eigenvalue weighted by Crippen LogP contribution is -2.48. The van der Waals surface area contributed by atoms with Crippen molar-refractivity contribution in [1.29, 1.82) is 0 Å². The van der Waals surface area contributed by atoms with E-state index in [-0.39, 0.29) is 25.4 Å². The number of nitrogens with one attached hydrogen (secondary N) is 1. The number of benzene rings is 2. The van der Waals surface area contributed by atoms with Crippen LogP contribution in [0.2, 0.25) is 5.02 Å². The van der Waals surface area contributed by atoms with Crippen molar-refractivity contribution in [2.24, 2.45) is 5.92 Å². The lowest BCUT2D eigenvalue weighted by molar-refractivity contribution is -0.137. The summed E-state index contributed by atoms with van der Waals surface area (Å²) in [6, 6.07) is 9.36. The molecule has 0 spiro atoms. The standard InChI is InChI=1S/C25H30ClF3N2O5S2/c1-24(2,38(35,36)21-6-4-5-19(15-21)25(27,28)29)18-11-13-31(14-12-18)23(32)16-22(30-37(3,33)34)17-7-9-20(26)10-8-17/h4-10,15,18,22,30H,11-14,16H2,1-3H3. The molecule has 1 fully saturated rings. The Kier molecular flexibility index (Phi) is 8.92. The molecule has 0 bridgehead atoms. The van der Waals surface area contributed by atoms with Gasteiger partial charge < -0.3 is 4.90 Å². The van der Waals surface area contributed by atoms with Crippen LogP contribution < -0.4 is 4.72 Å². The molecular formula is C25H30ClF3N2O5S2. The molecule has 0 aliphatic carbocycles. The van der Waals surface area contributed by atoms with Crippen LogP contribution in [-0.4, -0.2) is 51.7 Å². The molecule has 2 aromatic carbocycles. The number of sulfone groups is 1. The maximum absolute atomic E-state index is 13.4. The first-order valence-electron chi connectivity index (χ1n) is 11.8. The zero-order chi connectivity index (χ0) is 28.5. The number of sulfonamides is 1. The summed E-state index contributed by atoms with van der Waals surface area (Å²) in [5.41, 5.74) is -0.468. The molecule has 13 heteroatoms. The number of rotatable bonds is 8. The lowest BCUT2D eigenvalue weighted by Gasteiger charge is -2.40. The number of likely N-dealkylation sites (tertiary alicyclic amines) is 1. The smallest absolute Gasteiger partial charge is 0.343 e. The highest BCUT2D eigenvalue weighted by Gasteiger charge is 2.45. The first kappa shape index (κ1) is 30.4. The van der Waals surface area contributed by atoms with Gasteiger partial charge in [0.1, 0.15) is 0 Å². The summed E-state index contributed by atoms with van der Waals surface area (Å²) in [6.45, 7) is 3.46. The molecule has 1 N–H and O–H groups in total. The van der Waals surface area contributed by atoms with Crippen molar-refractivity contribution in [2.45, 2.75) is 55.0 Å². The van der Waals surface area contributed by atoms with E-state index in [1.807, 2.05) is 0 Å². The second-order valence-electron chi connectivity index (χ2n) is 9.99. The minimum atomic E-state index is -4.67. The van der Waals surface area contributed by atoms with Gasteiger partial charge >= 0.3 is 6.18 Å². The predicted molar refractivity (Wildman–Crippen MR) is 139 cm³/mol. The van der Waals surface area contributed by atoms with Crippen LogP contribution in [0.1, 0.15) is 50.3 Å². The van der Waals surface area contributed by atoms with E-state index < -0.39 is 53.2 Å². The zero-order valence-corrected chi connectivity index (χ0v) is 23.5. The van der Waals surface area contributed by atoms with Crippen molar-refractivity contribution in [3.8, 4) is 0 Å². The fourth-order valence-electron chi connectivity index (χ4n) is 4.67. The van der Waals surface area contributed by atoms with Crippen LogP contribution in [0.25, 0.3) is 0 Å². The average Bonchev–Trinajstić information content (AvgIpc) is 2.82. The summed E-state index contributed by atoms with van der Waals surface area (Å²) in [5.74, 6) is -0.717. The van der Waals surface area contributed by atoms with Gasteiger partial charge in [-0.1, -0.05) is 29.8 Å². The van der Waals surface area contributed by atoms with Crippen LogP contribution >= 0.6 is 11.6 Å². The second-order valence-corrected chi connectivity index (χ2v) is 14.7. The van der Waals surface area contributed by atoms with Crippen molar-refractivity contribution in [2.75, 3.05) is 19.3 Å². The number of piperidine rings is 1. The lowest BCUT2D eigenvalue weighted by atomic mass is 9.85. The summed E-state index contributed by atoms with van der Waals surface area (Å²) in [4.78, 5) is 14.2. The molecule has 0 aromatic heterocycles. The fraction of sp³-hybridized carbons (Fsp3) is 0.480. The van der Waals surface area contributed by atoms with Crippen molar-refractivity contribution < 1.29 is 34.8 Å². The molecule has 1 aliphatic heterocycles. The summed E-state index contributed by atoms with van der Waals surface area (Å²) < 4.78 is 91.1. The summed E-state index contributed by atoms with van der Waals surface area (Å²) in [5, 5.41) is 0.461. The first-order chi connectivity index (χ1) is 17.4. The zero-order valence-electron chi connectivity index (χ0n) is 21.1. The van der Waals surface area contributed by atoms with Crippen LogP contribution in [0.4, 0.5) is 13.2 Å². The molecule has 1 unspecified atom stereocenters.